The van der Waals surface area contributed by atoms with E-state index >= 15 is 0 Å². The van der Waals surface area contributed by atoms with E-state index in [4.69, 9.17) is 4.74 Å². The molecule has 88 valence electrons. The number of carbonyl (C=O) groups is 1. The Labute approximate surface area is 94.0 Å². The topological polar surface area (TPSA) is 64.4 Å². The van der Waals surface area contributed by atoms with Gasteiger partial charge in [0.25, 0.3) is 0 Å². The van der Waals surface area contributed by atoms with Gasteiger partial charge in [-0.25, -0.2) is 4.79 Å². The van der Waals surface area contributed by atoms with Crippen LogP contribution in [0.5, 0.6) is 0 Å². The highest BCUT2D eigenvalue weighted by atomic mass is 16.5. The van der Waals surface area contributed by atoms with Gasteiger partial charge in [0, 0.05) is 18.8 Å². The van der Waals surface area contributed by atoms with Gasteiger partial charge in [-0.05, 0) is 26.7 Å². The van der Waals surface area contributed by atoms with E-state index in [9.17, 15) is 9.90 Å². The Balaban J connectivity index is 2.38. The number of aryl methyl sites for hydroxylation is 1. The molecule has 2 heterocycles. The van der Waals surface area contributed by atoms with Gasteiger partial charge in [-0.3, -0.25) is 4.68 Å². The van der Waals surface area contributed by atoms with Crippen LogP contribution in [0.2, 0.25) is 0 Å². The summed E-state index contributed by atoms with van der Waals surface area (Å²) in [5.74, 6) is -0.899. The smallest absolute Gasteiger partial charge is 0.354 e. The summed E-state index contributed by atoms with van der Waals surface area (Å²) in [4.78, 5) is 11.2. The first-order valence-corrected chi connectivity index (χ1v) is 5.48. The summed E-state index contributed by atoms with van der Waals surface area (Å²) in [7, 11) is 0. The number of aromatic nitrogens is 2. The van der Waals surface area contributed by atoms with Gasteiger partial charge in [0.05, 0.1) is 11.7 Å². The van der Waals surface area contributed by atoms with E-state index in [1.165, 1.54) is 0 Å². The molecule has 1 N–H and O–H groups in total. The SMILES string of the molecule is Cc1nn(C2CCOCC2)c(C(=O)O)c1C. The maximum Gasteiger partial charge on any atom is 0.354 e. The zero-order valence-electron chi connectivity index (χ0n) is 9.56. The molecule has 0 aliphatic carbocycles. The second-order valence-electron chi connectivity index (χ2n) is 4.15. The Bertz CT molecular complexity index is 406. The lowest BCUT2D eigenvalue weighted by molar-refractivity contribution is 0.0582. The molecule has 0 atom stereocenters. The number of aromatic carboxylic acids is 1. The maximum absolute atomic E-state index is 11.2. The lowest BCUT2D eigenvalue weighted by Crippen LogP contribution is -2.23. The number of hydrogen-bond donors (Lipinski definition) is 1. The zero-order valence-corrected chi connectivity index (χ0v) is 9.56. The van der Waals surface area contributed by atoms with Gasteiger partial charge < -0.3 is 9.84 Å². The van der Waals surface area contributed by atoms with Crippen molar-refractivity contribution in [2.45, 2.75) is 32.7 Å². The average molecular weight is 224 g/mol. The third-order valence-electron chi connectivity index (χ3n) is 3.12. The van der Waals surface area contributed by atoms with Crippen molar-refractivity contribution in [3.05, 3.63) is 17.0 Å². The first kappa shape index (κ1) is 11.1. The molecular weight excluding hydrogens is 208 g/mol. The Hall–Kier alpha value is -1.36. The third kappa shape index (κ3) is 1.82. The Morgan fingerprint density at radius 3 is 2.62 bits per heavy atom. The summed E-state index contributed by atoms with van der Waals surface area (Å²) in [6, 6.07) is 0.159. The second kappa shape index (κ2) is 4.25. The molecule has 5 heteroatoms. The fourth-order valence-electron chi connectivity index (χ4n) is 2.08. The van der Waals surface area contributed by atoms with Gasteiger partial charge in [0.2, 0.25) is 0 Å². The molecule has 16 heavy (non-hydrogen) atoms. The van der Waals surface area contributed by atoms with E-state index in [1.807, 2.05) is 13.8 Å². The van der Waals surface area contributed by atoms with Gasteiger partial charge >= 0.3 is 5.97 Å². The van der Waals surface area contributed by atoms with E-state index < -0.39 is 5.97 Å². The van der Waals surface area contributed by atoms with Crippen molar-refractivity contribution in [2.24, 2.45) is 0 Å². The van der Waals surface area contributed by atoms with E-state index in [1.54, 1.807) is 4.68 Å². The van der Waals surface area contributed by atoms with Crippen LogP contribution < -0.4 is 0 Å². The van der Waals surface area contributed by atoms with Crippen molar-refractivity contribution in [3.63, 3.8) is 0 Å². The summed E-state index contributed by atoms with van der Waals surface area (Å²) >= 11 is 0. The minimum atomic E-state index is -0.899. The average Bonchev–Trinajstić information content (AvgIpc) is 2.57. The van der Waals surface area contributed by atoms with E-state index in [2.05, 4.69) is 5.10 Å². The Morgan fingerprint density at radius 1 is 1.44 bits per heavy atom. The molecule has 2 rings (SSSR count). The Morgan fingerprint density at radius 2 is 2.06 bits per heavy atom. The molecule has 0 saturated carbocycles. The quantitative estimate of drug-likeness (QED) is 0.827. The predicted octanol–water partition coefficient (Wildman–Crippen LogP) is 1.55. The summed E-state index contributed by atoms with van der Waals surface area (Å²) in [6.07, 6.45) is 1.67. The molecule has 1 aliphatic heterocycles. The van der Waals surface area contributed by atoms with Gasteiger partial charge in [0.1, 0.15) is 5.69 Å². The lowest BCUT2D eigenvalue weighted by atomic mass is 10.1. The van der Waals surface area contributed by atoms with Crippen LogP contribution in [0.15, 0.2) is 0 Å². The van der Waals surface area contributed by atoms with Crippen molar-refractivity contribution in [1.29, 1.82) is 0 Å². The third-order valence-corrected chi connectivity index (χ3v) is 3.12. The molecule has 1 aliphatic rings. The molecule has 1 fully saturated rings. The van der Waals surface area contributed by atoms with Crippen LogP contribution in [-0.4, -0.2) is 34.1 Å². The standard InChI is InChI=1S/C11H16N2O3/c1-7-8(2)12-13(10(7)11(14)15)9-3-5-16-6-4-9/h9H,3-6H2,1-2H3,(H,14,15). The first-order valence-electron chi connectivity index (χ1n) is 5.48. The van der Waals surface area contributed by atoms with Crippen molar-refractivity contribution in [3.8, 4) is 0 Å². The molecule has 0 amide bonds. The van der Waals surface area contributed by atoms with Crippen LogP contribution in [0.25, 0.3) is 0 Å². The van der Waals surface area contributed by atoms with Gasteiger partial charge in [0.15, 0.2) is 0 Å². The van der Waals surface area contributed by atoms with E-state index in [0.717, 1.165) is 24.1 Å². The van der Waals surface area contributed by atoms with Crippen molar-refractivity contribution >= 4 is 5.97 Å². The van der Waals surface area contributed by atoms with Crippen molar-refractivity contribution in [2.75, 3.05) is 13.2 Å². The van der Waals surface area contributed by atoms with Gasteiger partial charge in [-0.15, -0.1) is 0 Å². The molecule has 0 bridgehead atoms. The molecule has 0 radical (unpaired) electrons. The minimum absolute atomic E-state index is 0.159. The summed E-state index contributed by atoms with van der Waals surface area (Å²) < 4.78 is 6.93. The number of ether oxygens (including phenoxy) is 1. The minimum Gasteiger partial charge on any atom is -0.477 e. The number of nitrogens with zero attached hydrogens (tertiary/aromatic N) is 2. The lowest BCUT2D eigenvalue weighted by Gasteiger charge is -2.23. The van der Waals surface area contributed by atoms with Crippen molar-refractivity contribution < 1.29 is 14.6 Å². The monoisotopic (exact) mass is 224 g/mol. The van der Waals surface area contributed by atoms with Crippen LogP contribution in [0.1, 0.15) is 40.6 Å². The van der Waals surface area contributed by atoms with E-state index in [0.29, 0.717) is 18.9 Å². The zero-order chi connectivity index (χ0) is 11.7. The van der Waals surface area contributed by atoms with Crippen molar-refractivity contribution in [1.82, 2.24) is 9.78 Å². The fraction of sp³-hybridized carbons (Fsp3) is 0.636. The molecule has 0 spiro atoms. The molecule has 0 aromatic carbocycles. The van der Waals surface area contributed by atoms with Crippen LogP contribution in [0.3, 0.4) is 0 Å². The number of carboxylic acids is 1. The first-order chi connectivity index (χ1) is 7.61. The van der Waals surface area contributed by atoms with Crippen LogP contribution in [-0.2, 0) is 4.74 Å². The molecule has 1 aromatic rings. The van der Waals surface area contributed by atoms with Crippen LogP contribution in [0, 0.1) is 13.8 Å². The van der Waals surface area contributed by atoms with Gasteiger partial charge in [-0.1, -0.05) is 0 Å². The summed E-state index contributed by atoms with van der Waals surface area (Å²) in [5, 5.41) is 13.5. The summed E-state index contributed by atoms with van der Waals surface area (Å²) in [5.41, 5.74) is 1.88. The normalized spacial score (nSPS) is 17.6. The second-order valence-corrected chi connectivity index (χ2v) is 4.15. The maximum atomic E-state index is 11.2. The van der Waals surface area contributed by atoms with Crippen LogP contribution >= 0.6 is 0 Å². The highest BCUT2D eigenvalue weighted by molar-refractivity contribution is 5.87. The molecular formula is C11H16N2O3. The number of hydrogen-bond acceptors (Lipinski definition) is 3. The fourth-order valence-corrected chi connectivity index (χ4v) is 2.08. The number of rotatable bonds is 2. The molecule has 5 nitrogen and oxygen atoms in total. The highest BCUT2D eigenvalue weighted by Crippen LogP contribution is 2.24. The van der Waals surface area contributed by atoms with Gasteiger partial charge in [-0.2, -0.15) is 5.10 Å². The molecule has 1 aromatic heterocycles. The van der Waals surface area contributed by atoms with E-state index in [-0.39, 0.29) is 6.04 Å². The largest absolute Gasteiger partial charge is 0.477 e. The predicted molar refractivity (Wildman–Crippen MR) is 57.8 cm³/mol. The highest BCUT2D eigenvalue weighted by Gasteiger charge is 2.25. The number of carboxylic acid groups (broad SMARTS) is 1. The molecule has 0 unspecified atom stereocenters. The summed E-state index contributed by atoms with van der Waals surface area (Å²) in [6.45, 7) is 5.02. The van der Waals surface area contributed by atoms with Crippen LogP contribution in [0.4, 0.5) is 0 Å². The molecule has 1 saturated heterocycles. The Kier molecular flexibility index (Phi) is 2.96.